The first-order chi connectivity index (χ1) is 13.0. The van der Waals surface area contributed by atoms with Crippen molar-refractivity contribution in [2.24, 2.45) is 5.92 Å². The minimum absolute atomic E-state index is 0.227. The van der Waals surface area contributed by atoms with E-state index in [0.717, 1.165) is 24.7 Å². The van der Waals surface area contributed by atoms with E-state index in [4.69, 9.17) is 15.2 Å². The molecule has 6 nitrogen and oxygen atoms in total. The van der Waals surface area contributed by atoms with E-state index in [1.165, 1.54) is 12.8 Å². The Morgan fingerprint density at radius 1 is 1.07 bits per heavy atom. The molecule has 6 heteroatoms. The van der Waals surface area contributed by atoms with Crippen molar-refractivity contribution in [3.05, 3.63) is 42.0 Å². The zero-order chi connectivity index (χ0) is 19.4. The zero-order valence-corrected chi connectivity index (χ0v) is 16.1. The molecule has 3 N–H and O–H groups in total. The monoisotopic (exact) mass is 369 g/mol. The van der Waals surface area contributed by atoms with Gasteiger partial charge in [0.15, 0.2) is 11.5 Å². The van der Waals surface area contributed by atoms with Crippen molar-refractivity contribution in [1.29, 1.82) is 0 Å². The standard InChI is InChI=1S/C21H27N3O3/c1-14-8-10-24(11-9-14)18-6-5-16(13-17(18)22)23-21(25)15-4-7-19(26-2)20(12-15)27-3/h4-7,12-14H,8-11,22H2,1-3H3,(H,23,25). The first-order valence-corrected chi connectivity index (χ1v) is 9.19. The van der Waals surface area contributed by atoms with Crippen molar-refractivity contribution in [2.45, 2.75) is 19.8 Å². The molecule has 0 saturated carbocycles. The molecule has 0 radical (unpaired) electrons. The maximum atomic E-state index is 12.6. The number of piperidine rings is 1. The highest BCUT2D eigenvalue weighted by Crippen LogP contribution is 2.31. The van der Waals surface area contributed by atoms with Gasteiger partial charge in [0.25, 0.3) is 5.91 Å². The highest BCUT2D eigenvalue weighted by molar-refractivity contribution is 6.05. The lowest BCUT2D eigenvalue weighted by molar-refractivity contribution is 0.102. The normalized spacial score (nSPS) is 14.7. The predicted molar refractivity (Wildman–Crippen MR) is 109 cm³/mol. The lowest BCUT2D eigenvalue weighted by Crippen LogP contribution is -2.33. The van der Waals surface area contributed by atoms with Crippen molar-refractivity contribution in [2.75, 3.05) is 43.3 Å². The summed E-state index contributed by atoms with van der Waals surface area (Å²) in [4.78, 5) is 14.9. The van der Waals surface area contributed by atoms with Gasteiger partial charge in [0, 0.05) is 24.3 Å². The molecule has 27 heavy (non-hydrogen) atoms. The fourth-order valence-electron chi connectivity index (χ4n) is 3.35. The Morgan fingerprint density at radius 3 is 2.41 bits per heavy atom. The van der Waals surface area contributed by atoms with Crippen LogP contribution in [0.5, 0.6) is 11.5 Å². The molecule has 1 saturated heterocycles. The number of nitrogens with one attached hydrogen (secondary N) is 1. The number of nitrogens with zero attached hydrogens (tertiary/aromatic N) is 1. The molecular formula is C21H27N3O3. The largest absolute Gasteiger partial charge is 0.493 e. The Hall–Kier alpha value is -2.89. The van der Waals surface area contributed by atoms with Gasteiger partial charge in [-0.1, -0.05) is 6.92 Å². The fraction of sp³-hybridized carbons (Fsp3) is 0.381. The van der Waals surface area contributed by atoms with Crippen molar-refractivity contribution in [3.63, 3.8) is 0 Å². The first-order valence-electron chi connectivity index (χ1n) is 9.19. The maximum absolute atomic E-state index is 12.6. The number of carbonyl (C=O) groups excluding carboxylic acids is 1. The summed E-state index contributed by atoms with van der Waals surface area (Å²) >= 11 is 0. The van der Waals surface area contributed by atoms with Crippen LogP contribution in [0.2, 0.25) is 0 Å². The van der Waals surface area contributed by atoms with E-state index in [1.807, 2.05) is 18.2 Å². The number of rotatable bonds is 5. The van der Waals surface area contributed by atoms with Gasteiger partial charge in [-0.3, -0.25) is 4.79 Å². The van der Waals surface area contributed by atoms with Gasteiger partial charge in [0.05, 0.1) is 25.6 Å². The molecule has 1 amide bonds. The van der Waals surface area contributed by atoms with Crippen LogP contribution in [0.15, 0.2) is 36.4 Å². The highest BCUT2D eigenvalue weighted by Gasteiger charge is 2.18. The Bertz CT molecular complexity index is 814. The summed E-state index contributed by atoms with van der Waals surface area (Å²) in [7, 11) is 3.10. The Kier molecular flexibility index (Phi) is 5.74. The fourth-order valence-corrected chi connectivity index (χ4v) is 3.35. The number of carbonyl (C=O) groups is 1. The van der Waals surface area contributed by atoms with Crippen molar-refractivity contribution in [3.8, 4) is 11.5 Å². The first kappa shape index (κ1) is 18.9. The third-order valence-corrected chi connectivity index (χ3v) is 5.06. The molecule has 1 aliphatic rings. The van der Waals surface area contributed by atoms with E-state index in [-0.39, 0.29) is 5.91 Å². The molecule has 0 atom stereocenters. The van der Waals surface area contributed by atoms with E-state index < -0.39 is 0 Å². The molecule has 1 aliphatic heterocycles. The molecule has 2 aromatic carbocycles. The van der Waals surface area contributed by atoms with E-state index in [2.05, 4.69) is 17.1 Å². The molecule has 2 aromatic rings. The minimum atomic E-state index is -0.227. The quantitative estimate of drug-likeness (QED) is 0.785. The predicted octanol–water partition coefficient (Wildman–Crippen LogP) is 3.77. The van der Waals surface area contributed by atoms with E-state index >= 15 is 0 Å². The molecule has 1 heterocycles. The number of hydrogen-bond acceptors (Lipinski definition) is 5. The van der Waals surface area contributed by atoms with E-state index in [1.54, 1.807) is 32.4 Å². The van der Waals surface area contributed by atoms with Crippen molar-refractivity contribution < 1.29 is 14.3 Å². The summed E-state index contributed by atoms with van der Waals surface area (Å²) in [5.74, 6) is 1.63. The minimum Gasteiger partial charge on any atom is -0.493 e. The second-order valence-electron chi connectivity index (χ2n) is 6.97. The van der Waals surface area contributed by atoms with Crippen LogP contribution >= 0.6 is 0 Å². The lowest BCUT2D eigenvalue weighted by Gasteiger charge is -2.33. The van der Waals surface area contributed by atoms with Crippen LogP contribution in [0.1, 0.15) is 30.1 Å². The summed E-state index contributed by atoms with van der Waals surface area (Å²) < 4.78 is 10.5. The number of methoxy groups -OCH3 is 2. The van der Waals surface area contributed by atoms with Crippen LogP contribution in [-0.2, 0) is 0 Å². The van der Waals surface area contributed by atoms with Gasteiger partial charge < -0.3 is 25.4 Å². The second-order valence-corrected chi connectivity index (χ2v) is 6.97. The molecule has 3 rings (SSSR count). The van der Waals surface area contributed by atoms with Crippen molar-refractivity contribution in [1.82, 2.24) is 0 Å². The number of anilines is 3. The zero-order valence-electron chi connectivity index (χ0n) is 16.1. The van der Waals surface area contributed by atoms with Gasteiger partial charge in [0.2, 0.25) is 0 Å². The summed E-state index contributed by atoms with van der Waals surface area (Å²) in [6.07, 6.45) is 2.36. The lowest BCUT2D eigenvalue weighted by atomic mass is 9.98. The number of nitrogens with two attached hydrogens (primary N) is 1. The Balaban J connectivity index is 1.72. The van der Waals surface area contributed by atoms with E-state index in [9.17, 15) is 4.79 Å². The Labute approximate surface area is 160 Å². The molecule has 0 aliphatic carbocycles. The second kappa shape index (κ2) is 8.20. The molecule has 0 spiro atoms. The summed E-state index contributed by atoms with van der Waals surface area (Å²) in [6, 6.07) is 10.7. The molecule has 0 bridgehead atoms. The highest BCUT2D eigenvalue weighted by atomic mass is 16.5. The SMILES string of the molecule is COc1ccc(C(=O)Nc2ccc(N3CCC(C)CC3)c(N)c2)cc1OC. The van der Waals surface area contributed by atoms with Gasteiger partial charge >= 0.3 is 0 Å². The van der Waals surface area contributed by atoms with Gasteiger partial charge in [-0.25, -0.2) is 0 Å². The van der Waals surface area contributed by atoms with Crippen LogP contribution in [0.25, 0.3) is 0 Å². The van der Waals surface area contributed by atoms with Gasteiger partial charge in [-0.2, -0.15) is 0 Å². The van der Waals surface area contributed by atoms with Crippen LogP contribution < -0.4 is 25.4 Å². The number of nitrogen functional groups attached to an aromatic ring is 1. The average Bonchev–Trinajstić information content (AvgIpc) is 2.68. The number of benzene rings is 2. The number of amides is 1. The summed E-state index contributed by atoms with van der Waals surface area (Å²) in [6.45, 7) is 4.32. The average molecular weight is 369 g/mol. The number of ether oxygens (including phenoxy) is 2. The summed E-state index contributed by atoms with van der Waals surface area (Å²) in [5, 5.41) is 2.89. The molecule has 0 unspecified atom stereocenters. The molecule has 0 aromatic heterocycles. The summed E-state index contributed by atoms with van der Waals surface area (Å²) in [5.41, 5.74) is 9.12. The van der Waals surface area contributed by atoms with Crippen LogP contribution in [0.4, 0.5) is 17.1 Å². The topological polar surface area (TPSA) is 76.8 Å². The van der Waals surface area contributed by atoms with Gasteiger partial charge in [0.1, 0.15) is 0 Å². The third kappa shape index (κ3) is 4.27. The molecular weight excluding hydrogens is 342 g/mol. The van der Waals surface area contributed by atoms with E-state index in [0.29, 0.717) is 28.4 Å². The van der Waals surface area contributed by atoms with Crippen molar-refractivity contribution >= 4 is 23.0 Å². The van der Waals surface area contributed by atoms with Gasteiger partial charge in [-0.15, -0.1) is 0 Å². The molecule has 144 valence electrons. The molecule has 1 fully saturated rings. The Morgan fingerprint density at radius 2 is 1.78 bits per heavy atom. The van der Waals surface area contributed by atoms with Crippen LogP contribution in [0, 0.1) is 5.92 Å². The number of hydrogen-bond donors (Lipinski definition) is 2. The third-order valence-electron chi connectivity index (χ3n) is 5.06. The van der Waals surface area contributed by atoms with Gasteiger partial charge in [-0.05, 0) is 55.2 Å². The maximum Gasteiger partial charge on any atom is 0.255 e. The van der Waals surface area contributed by atoms with Crippen LogP contribution in [-0.4, -0.2) is 33.2 Å². The smallest absolute Gasteiger partial charge is 0.255 e. The van der Waals surface area contributed by atoms with Crippen LogP contribution in [0.3, 0.4) is 0 Å².